The van der Waals surface area contributed by atoms with Gasteiger partial charge in [0.05, 0.1) is 16.3 Å². The van der Waals surface area contributed by atoms with E-state index in [-0.39, 0.29) is 27.8 Å². The predicted octanol–water partition coefficient (Wildman–Crippen LogP) is 1.27. The van der Waals surface area contributed by atoms with Crippen LogP contribution in [-0.2, 0) is 19.6 Å². The van der Waals surface area contributed by atoms with Crippen LogP contribution in [0.15, 0.2) is 82.0 Å². The highest BCUT2D eigenvalue weighted by molar-refractivity contribution is 7.92. The molecule has 40 heavy (non-hydrogen) atoms. The highest BCUT2D eigenvalue weighted by Gasteiger charge is 2.48. The molecular formula is C24H22N4O11S. The number of carboxylic acids is 2. The van der Waals surface area contributed by atoms with Crippen LogP contribution in [0, 0.1) is 0 Å². The maximum absolute atomic E-state index is 12.5. The van der Waals surface area contributed by atoms with Crippen molar-refractivity contribution in [3.8, 4) is 5.75 Å². The van der Waals surface area contributed by atoms with E-state index in [4.69, 9.17) is 14.6 Å². The lowest BCUT2D eigenvalue weighted by Gasteiger charge is -2.38. The molecule has 5 atom stereocenters. The number of carbonyl (C=O) groups is 2. The summed E-state index contributed by atoms with van der Waals surface area (Å²) in [5.74, 6) is -3.30. The van der Waals surface area contributed by atoms with E-state index in [0.717, 1.165) is 12.1 Å². The predicted molar refractivity (Wildman–Crippen MR) is 134 cm³/mol. The molecule has 0 saturated carbocycles. The Morgan fingerprint density at radius 2 is 1.57 bits per heavy atom. The molecule has 4 rings (SSSR count). The van der Waals surface area contributed by atoms with Crippen molar-refractivity contribution in [3.05, 3.63) is 72.4 Å². The maximum Gasteiger partial charge on any atom is 0.339 e. The molecule has 0 radical (unpaired) electrons. The van der Waals surface area contributed by atoms with Crippen molar-refractivity contribution in [1.82, 2.24) is 4.98 Å². The van der Waals surface area contributed by atoms with Gasteiger partial charge in [0, 0.05) is 6.20 Å². The third-order valence-electron chi connectivity index (χ3n) is 5.58. The molecule has 2 heterocycles. The summed E-state index contributed by atoms with van der Waals surface area (Å²) in [5.41, 5.74) is -0.149. The Bertz CT molecular complexity index is 1520. The summed E-state index contributed by atoms with van der Waals surface area (Å²) in [4.78, 5) is 27.0. The lowest BCUT2D eigenvalue weighted by molar-refractivity contribution is -0.271. The zero-order valence-corrected chi connectivity index (χ0v) is 21.0. The van der Waals surface area contributed by atoms with E-state index in [1.54, 1.807) is 12.1 Å². The number of aromatic carboxylic acids is 1. The van der Waals surface area contributed by atoms with Crippen molar-refractivity contribution in [2.45, 2.75) is 35.6 Å². The molecule has 2 aromatic carbocycles. The number of aliphatic hydroxyl groups is 3. The molecule has 210 valence electrons. The Kier molecular flexibility index (Phi) is 8.36. The minimum Gasteiger partial charge on any atom is -0.479 e. The van der Waals surface area contributed by atoms with E-state index in [9.17, 15) is 38.4 Å². The van der Waals surface area contributed by atoms with Crippen LogP contribution in [0.3, 0.4) is 0 Å². The number of nitrogens with zero attached hydrogens (tertiary/aromatic N) is 3. The molecule has 1 aliphatic heterocycles. The number of benzene rings is 2. The largest absolute Gasteiger partial charge is 0.479 e. The van der Waals surface area contributed by atoms with Crippen molar-refractivity contribution in [3.63, 3.8) is 0 Å². The van der Waals surface area contributed by atoms with E-state index in [1.807, 2.05) is 0 Å². The number of rotatable bonds is 9. The topological polar surface area (TPSA) is 238 Å². The number of hydrogen-bond donors (Lipinski definition) is 6. The minimum absolute atomic E-state index is 0.0540. The van der Waals surface area contributed by atoms with E-state index >= 15 is 0 Å². The summed E-state index contributed by atoms with van der Waals surface area (Å²) in [5, 5.41) is 56.5. The number of ether oxygens (including phenoxy) is 2. The highest BCUT2D eigenvalue weighted by atomic mass is 32.2. The van der Waals surface area contributed by atoms with Crippen molar-refractivity contribution >= 4 is 39.2 Å². The van der Waals surface area contributed by atoms with Gasteiger partial charge in [-0.3, -0.25) is 4.72 Å². The van der Waals surface area contributed by atoms with Crippen LogP contribution in [-0.4, -0.2) is 81.6 Å². The molecule has 3 aromatic rings. The number of carboxylic acid groups (broad SMARTS) is 2. The molecule has 1 aromatic heterocycles. The van der Waals surface area contributed by atoms with Gasteiger partial charge in [0.15, 0.2) is 6.10 Å². The Balaban J connectivity index is 1.49. The summed E-state index contributed by atoms with van der Waals surface area (Å²) in [7, 11) is -3.90. The molecule has 0 aliphatic carbocycles. The normalized spacial score (nSPS) is 23.0. The highest BCUT2D eigenvalue weighted by Crippen LogP contribution is 2.30. The number of anilines is 1. The molecule has 1 fully saturated rings. The first kappa shape index (κ1) is 28.5. The fourth-order valence-corrected chi connectivity index (χ4v) is 4.56. The number of azo groups is 1. The fraction of sp³-hybridized carbons (Fsp3) is 0.208. The van der Waals surface area contributed by atoms with E-state index in [0.29, 0.717) is 0 Å². The van der Waals surface area contributed by atoms with Crippen molar-refractivity contribution in [2.75, 3.05) is 4.72 Å². The number of nitrogens with one attached hydrogen (secondary N) is 1. The summed E-state index contributed by atoms with van der Waals surface area (Å²) in [6, 6.07) is 13.6. The van der Waals surface area contributed by atoms with E-state index < -0.39 is 58.2 Å². The van der Waals surface area contributed by atoms with Gasteiger partial charge in [-0.1, -0.05) is 6.07 Å². The van der Waals surface area contributed by atoms with Crippen LogP contribution in [0.2, 0.25) is 0 Å². The Labute approximate surface area is 226 Å². The van der Waals surface area contributed by atoms with Crippen LogP contribution >= 0.6 is 0 Å². The Hall–Kier alpha value is -4.48. The lowest BCUT2D eigenvalue weighted by atomic mass is 9.99. The average Bonchev–Trinajstić information content (AvgIpc) is 2.93. The molecular weight excluding hydrogens is 552 g/mol. The smallest absolute Gasteiger partial charge is 0.339 e. The molecule has 15 nitrogen and oxygen atoms in total. The van der Waals surface area contributed by atoms with Gasteiger partial charge < -0.3 is 35.0 Å². The lowest BCUT2D eigenvalue weighted by Crippen LogP contribution is -2.61. The zero-order valence-electron chi connectivity index (χ0n) is 20.2. The SMILES string of the molecule is O=C(O)c1cc(N=Nc2ccc(S(=O)(=O)Nc3ccccn3)cc2)ccc1OC1OC(C(=O)O)C(O)C(O)C1O. The van der Waals surface area contributed by atoms with Crippen LogP contribution in [0.1, 0.15) is 10.4 Å². The third-order valence-corrected chi connectivity index (χ3v) is 6.95. The van der Waals surface area contributed by atoms with Gasteiger partial charge in [-0.25, -0.2) is 23.0 Å². The van der Waals surface area contributed by atoms with Gasteiger partial charge in [0.25, 0.3) is 10.0 Å². The fourth-order valence-electron chi connectivity index (χ4n) is 3.55. The number of sulfonamides is 1. The van der Waals surface area contributed by atoms with Crippen LogP contribution in [0.5, 0.6) is 5.75 Å². The van der Waals surface area contributed by atoms with Gasteiger partial charge in [0.2, 0.25) is 6.29 Å². The molecule has 0 bridgehead atoms. The van der Waals surface area contributed by atoms with Gasteiger partial charge in [0.1, 0.15) is 35.4 Å². The molecule has 16 heteroatoms. The van der Waals surface area contributed by atoms with Crippen molar-refractivity contribution in [1.29, 1.82) is 0 Å². The van der Waals surface area contributed by atoms with Crippen LogP contribution in [0.25, 0.3) is 0 Å². The van der Waals surface area contributed by atoms with E-state index in [2.05, 4.69) is 19.9 Å². The first-order valence-electron chi connectivity index (χ1n) is 11.4. The number of aliphatic hydroxyl groups excluding tert-OH is 3. The second-order valence-corrected chi connectivity index (χ2v) is 10.0. The molecule has 6 N–H and O–H groups in total. The van der Waals surface area contributed by atoms with Gasteiger partial charge in [-0.05, 0) is 54.6 Å². The Morgan fingerprint density at radius 3 is 2.20 bits per heavy atom. The first-order valence-corrected chi connectivity index (χ1v) is 12.9. The first-order chi connectivity index (χ1) is 19.0. The second-order valence-electron chi connectivity index (χ2n) is 8.35. The molecule has 1 saturated heterocycles. The average molecular weight is 575 g/mol. The minimum atomic E-state index is -3.90. The molecule has 1 aliphatic rings. The number of pyridine rings is 1. The number of aromatic nitrogens is 1. The quantitative estimate of drug-likeness (QED) is 0.198. The van der Waals surface area contributed by atoms with Gasteiger partial charge >= 0.3 is 11.9 Å². The maximum atomic E-state index is 12.5. The van der Waals surface area contributed by atoms with Crippen molar-refractivity contribution in [2.24, 2.45) is 10.2 Å². The summed E-state index contributed by atoms with van der Waals surface area (Å²) < 4.78 is 37.7. The zero-order chi connectivity index (χ0) is 29.0. The van der Waals surface area contributed by atoms with Gasteiger partial charge in [-0.2, -0.15) is 10.2 Å². The van der Waals surface area contributed by atoms with Crippen molar-refractivity contribution < 1.29 is 53.0 Å². The Morgan fingerprint density at radius 1 is 0.900 bits per heavy atom. The van der Waals surface area contributed by atoms with Crippen LogP contribution < -0.4 is 9.46 Å². The molecule has 0 amide bonds. The van der Waals surface area contributed by atoms with E-state index in [1.165, 1.54) is 42.6 Å². The second kappa shape index (κ2) is 11.7. The molecule has 0 spiro atoms. The summed E-state index contributed by atoms with van der Waals surface area (Å²) >= 11 is 0. The van der Waals surface area contributed by atoms with Gasteiger partial charge in [-0.15, -0.1) is 0 Å². The third kappa shape index (κ3) is 6.38. The standard InChI is InChI=1S/C24H22N4O11S/c29-18-19(30)21(23(34)35)39-24(20(18)31)38-16-9-6-13(11-15(16)22(32)33)27-26-12-4-7-14(8-5-12)40(36,37)28-17-3-1-2-10-25-17/h1-11,18-21,24,29-31H,(H,25,28)(H,32,33)(H,34,35). The monoisotopic (exact) mass is 574 g/mol. The number of hydrogen-bond acceptors (Lipinski definition) is 12. The number of aliphatic carboxylic acids is 1. The van der Waals surface area contributed by atoms with Crippen LogP contribution in [0.4, 0.5) is 17.2 Å². The summed E-state index contributed by atoms with van der Waals surface area (Å²) in [6.07, 6.45) is -8.08. The summed E-state index contributed by atoms with van der Waals surface area (Å²) in [6.45, 7) is 0. The molecule has 5 unspecified atom stereocenters.